The van der Waals surface area contributed by atoms with Crippen LogP contribution in [-0.2, 0) is 6.42 Å². The van der Waals surface area contributed by atoms with Gasteiger partial charge < -0.3 is 14.9 Å². The van der Waals surface area contributed by atoms with E-state index in [0.29, 0.717) is 23.7 Å². The number of carbonyl (C=O) groups excluding carboxylic acids is 1. The molecule has 0 saturated heterocycles. The number of rotatable bonds is 4. The molecule has 0 fully saturated rings. The summed E-state index contributed by atoms with van der Waals surface area (Å²) in [6, 6.07) is 3.45. The van der Waals surface area contributed by atoms with Gasteiger partial charge in [-0.15, -0.1) is 11.3 Å². The van der Waals surface area contributed by atoms with Crippen LogP contribution in [0.5, 0.6) is 0 Å². The van der Waals surface area contributed by atoms with Crippen LogP contribution >= 0.6 is 11.3 Å². The lowest BCUT2D eigenvalue weighted by Crippen LogP contribution is -2.24. The highest BCUT2D eigenvalue weighted by Crippen LogP contribution is 2.15. The van der Waals surface area contributed by atoms with Crippen molar-refractivity contribution >= 4 is 17.2 Å². The molecule has 0 atom stereocenters. The van der Waals surface area contributed by atoms with E-state index >= 15 is 0 Å². The maximum atomic E-state index is 11.8. The minimum Gasteiger partial charge on any atom is -0.384 e. The maximum absolute atomic E-state index is 11.8. The first-order valence-corrected chi connectivity index (χ1v) is 6.34. The maximum Gasteiger partial charge on any atom is 0.261 e. The Kier molecular flexibility index (Phi) is 4.66. The molecule has 19 heavy (non-hydrogen) atoms. The van der Waals surface area contributed by atoms with Crippen molar-refractivity contribution in [2.75, 3.05) is 13.2 Å². The average molecular weight is 277 g/mol. The number of aliphatic hydroxyl groups excluding tert-OH is 1. The van der Waals surface area contributed by atoms with Crippen molar-refractivity contribution in [3.8, 4) is 11.8 Å². The predicted octanol–water partition coefficient (Wildman–Crippen LogP) is 0.447. The first kappa shape index (κ1) is 13.3. The second kappa shape index (κ2) is 6.68. The van der Waals surface area contributed by atoms with Gasteiger partial charge in [0.05, 0.1) is 9.75 Å². The fourth-order valence-electron chi connectivity index (χ4n) is 1.33. The van der Waals surface area contributed by atoms with Crippen molar-refractivity contribution in [3.05, 3.63) is 34.1 Å². The molecule has 0 saturated carbocycles. The zero-order valence-corrected chi connectivity index (χ0v) is 10.7. The number of nitrogens with one attached hydrogen (secondary N) is 1. The van der Waals surface area contributed by atoms with Gasteiger partial charge in [-0.3, -0.25) is 4.79 Å². The molecule has 2 aromatic rings. The fourth-order valence-corrected chi connectivity index (χ4v) is 2.13. The third kappa shape index (κ3) is 3.91. The Morgan fingerprint density at radius 1 is 1.53 bits per heavy atom. The number of aliphatic hydroxyl groups is 1. The van der Waals surface area contributed by atoms with E-state index in [2.05, 4.69) is 27.3 Å². The highest BCUT2D eigenvalue weighted by atomic mass is 32.1. The van der Waals surface area contributed by atoms with Crippen molar-refractivity contribution in [1.29, 1.82) is 0 Å². The molecule has 2 rings (SSSR count). The Hall–Kier alpha value is -2.17. The summed E-state index contributed by atoms with van der Waals surface area (Å²) in [7, 11) is 0. The Morgan fingerprint density at radius 3 is 3.16 bits per heavy atom. The molecular weight excluding hydrogens is 266 g/mol. The average Bonchev–Trinajstić information content (AvgIpc) is 3.07. The number of hydrogen-bond acceptors (Lipinski definition) is 6. The predicted molar refractivity (Wildman–Crippen MR) is 68.6 cm³/mol. The summed E-state index contributed by atoms with van der Waals surface area (Å²) in [6.07, 6.45) is 1.82. The molecule has 0 radical (unpaired) electrons. The van der Waals surface area contributed by atoms with Gasteiger partial charge in [-0.05, 0) is 12.1 Å². The van der Waals surface area contributed by atoms with Crippen molar-refractivity contribution < 1.29 is 14.4 Å². The molecule has 98 valence electrons. The largest absolute Gasteiger partial charge is 0.384 e. The second-order valence-electron chi connectivity index (χ2n) is 3.46. The fraction of sp³-hybridized carbons (Fsp3) is 0.250. The summed E-state index contributed by atoms with van der Waals surface area (Å²) in [5, 5.41) is 14.8. The Balaban J connectivity index is 1.84. The van der Waals surface area contributed by atoms with Gasteiger partial charge in [0.25, 0.3) is 5.91 Å². The molecule has 0 aromatic carbocycles. The first-order valence-electron chi connectivity index (χ1n) is 5.53. The minimum absolute atomic E-state index is 0.165. The number of hydrogen-bond donors (Lipinski definition) is 2. The second-order valence-corrected chi connectivity index (χ2v) is 4.55. The Labute approximate surface area is 113 Å². The summed E-state index contributed by atoms with van der Waals surface area (Å²) >= 11 is 1.28. The molecule has 6 nitrogen and oxygen atoms in total. The van der Waals surface area contributed by atoms with Crippen molar-refractivity contribution in [1.82, 2.24) is 15.5 Å². The summed E-state index contributed by atoms with van der Waals surface area (Å²) in [6.45, 7) is 0.236. The zero-order valence-electron chi connectivity index (χ0n) is 9.92. The van der Waals surface area contributed by atoms with Gasteiger partial charge in [-0.2, -0.15) is 4.98 Å². The number of thiophene rings is 1. The molecule has 2 heterocycles. The van der Waals surface area contributed by atoms with E-state index in [0.717, 1.165) is 4.88 Å². The molecule has 2 N–H and O–H groups in total. The van der Waals surface area contributed by atoms with Gasteiger partial charge in [-0.1, -0.05) is 17.0 Å². The minimum atomic E-state index is -0.191. The van der Waals surface area contributed by atoms with E-state index in [9.17, 15) is 4.79 Å². The molecule has 7 heteroatoms. The molecule has 0 aliphatic rings. The SMILES string of the molecule is O=C(NCCc1ncno1)c1ccc(C#CCO)s1. The Bertz CT molecular complexity index is 595. The molecule has 0 spiro atoms. The lowest BCUT2D eigenvalue weighted by molar-refractivity contribution is 0.0957. The molecule has 1 amide bonds. The first-order chi connectivity index (χ1) is 9.29. The number of carbonyl (C=O) groups is 1. The van der Waals surface area contributed by atoms with Gasteiger partial charge >= 0.3 is 0 Å². The topological polar surface area (TPSA) is 88.3 Å². The molecule has 2 aromatic heterocycles. The van der Waals surface area contributed by atoms with Crippen LogP contribution in [0.2, 0.25) is 0 Å². The van der Waals surface area contributed by atoms with Gasteiger partial charge in [0.15, 0.2) is 6.33 Å². The van der Waals surface area contributed by atoms with Crippen LogP contribution in [0.25, 0.3) is 0 Å². The van der Waals surface area contributed by atoms with Gasteiger partial charge in [-0.25, -0.2) is 0 Å². The van der Waals surface area contributed by atoms with Crippen LogP contribution in [-0.4, -0.2) is 34.3 Å². The van der Waals surface area contributed by atoms with E-state index in [1.807, 2.05) is 0 Å². The van der Waals surface area contributed by atoms with E-state index in [1.165, 1.54) is 17.7 Å². The highest BCUT2D eigenvalue weighted by molar-refractivity contribution is 7.14. The molecule has 0 bridgehead atoms. The van der Waals surface area contributed by atoms with Crippen LogP contribution in [0.4, 0.5) is 0 Å². The van der Waals surface area contributed by atoms with Gasteiger partial charge in [0.1, 0.15) is 6.61 Å². The molecule has 0 aliphatic carbocycles. The standard InChI is InChI=1S/C12H11N3O3S/c16-7-1-2-9-3-4-10(19-9)12(17)13-6-5-11-14-8-15-18-11/h3-4,8,16H,5-7H2,(H,13,17). The third-order valence-electron chi connectivity index (χ3n) is 2.15. The lowest BCUT2D eigenvalue weighted by Gasteiger charge is -2.00. The quantitative estimate of drug-likeness (QED) is 0.792. The van der Waals surface area contributed by atoms with Crippen LogP contribution in [0.1, 0.15) is 20.4 Å². The van der Waals surface area contributed by atoms with Crippen LogP contribution in [0, 0.1) is 11.8 Å². The summed E-state index contributed by atoms with van der Waals surface area (Å²) in [4.78, 5) is 17.0. The van der Waals surface area contributed by atoms with E-state index < -0.39 is 0 Å². The number of nitrogens with zero attached hydrogens (tertiary/aromatic N) is 2. The molecular formula is C12H11N3O3S. The van der Waals surface area contributed by atoms with Crippen LogP contribution in [0.3, 0.4) is 0 Å². The van der Waals surface area contributed by atoms with E-state index in [1.54, 1.807) is 12.1 Å². The van der Waals surface area contributed by atoms with Crippen molar-refractivity contribution in [2.45, 2.75) is 6.42 Å². The Morgan fingerprint density at radius 2 is 2.42 bits per heavy atom. The smallest absolute Gasteiger partial charge is 0.261 e. The lowest BCUT2D eigenvalue weighted by atomic mass is 10.3. The van der Waals surface area contributed by atoms with E-state index in [4.69, 9.17) is 9.63 Å². The number of aromatic nitrogens is 2. The van der Waals surface area contributed by atoms with E-state index in [-0.39, 0.29) is 12.5 Å². The van der Waals surface area contributed by atoms with Crippen LogP contribution < -0.4 is 5.32 Å². The molecule has 0 unspecified atom stereocenters. The van der Waals surface area contributed by atoms with Crippen LogP contribution in [0.15, 0.2) is 23.0 Å². The summed E-state index contributed by atoms with van der Waals surface area (Å²) in [5.41, 5.74) is 0. The van der Waals surface area contributed by atoms with Gasteiger partial charge in [0, 0.05) is 13.0 Å². The summed E-state index contributed by atoms with van der Waals surface area (Å²) < 4.78 is 4.82. The highest BCUT2D eigenvalue weighted by Gasteiger charge is 2.08. The monoisotopic (exact) mass is 277 g/mol. The normalized spacial score (nSPS) is 9.74. The van der Waals surface area contributed by atoms with Gasteiger partial charge in [0.2, 0.25) is 5.89 Å². The van der Waals surface area contributed by atoms with Crippen molar-refractivity contribution in [3.63, 3.8) is 0 Å². The number of amides is 1. The third-order valence-corrected chi connectivity index (χ3v) is 3.15. The summed E-state index contributed by atoms with van der Waals surface area (Å²) in [5.74, 6) is 5.61. The zero-order chi connectivity index (χ0) is 13.5. The molecule has 0 aliphatic heterocycles. The van der Waals surface area contributed by atoms with Crippen molar-refractivity contribution in [2.24, 2.45) is 0 Å².